The van der Waals surface area contributed by atoms with E-state index >= 15 is 0 Å². The summed E-state index contributed by atoms with van der Waals surface area (Å²) in [5.74, 6) is -5.38. The summed E-state index contributed by atoms with van der Waals surface area (Å²) in [5, 5.41) is 53.6. The average Bonchev–Trinajstić information content (AvgIpc) is 3.27. The molecule has 0 spiro atoms. The normalized spacial score (nSPS) is 37.6. The van der Waals surface area contributed by atoms with Crippen molar-refractivity contribution in [3.05, 3.63) is 23.3 Å². The van der Waals surface area contributed by atoms with Crippen LogP contribution in [-0.2, 0) is 42.9 Å². The number of carbonyl (C=O) groups is 4. The third-order valence-corrected chi connectivity index (χ3v) is 14.5. The van der Waals surface area contributed by atoms with Gasteiger partial charge >= 0.3 is 5.97 Å². The van der Waals surface area contributed by atoms with Crippen molar-refractivity contribution in [2.75, 3.05) is 60.7 Å². The molecule has 3 fully saturated rings. The van der Waals surface area contributed by atoms with Crippen molar-refractivity contribution in [1.82, 2.24) is 9.80 Å². The van der Waals surface area contributed by atoms with Crippen LogP contribution in [0.25, 0.3) is 0 Å². The summed E-state index contributed by atoms with van der Waals surface area (Å²) in [7, 11) is 4.70. The molecular formula is C49H82N2O14. The SMILES string of the molecule is COC1CC(C=C(C)C2OC(=O)C3CCCCN3CC(=O)C3(O)OC(C(OC)CC(C)CC(C)/C=C(\CCCC(=O)N(CCO)CCO)C(=O)CC(O)C2C)C(OC)CC3C)CCC1O. The number of carbonyl (C=O) groups excluding carboxylic acids is 4. The Morgan fingerprint density at radius 1 is 0.892 bits per heavy atom. The lowest BCUT2D eigenvalue weighted by molar-refractivity contribution is -0.304. The minimum absolute atomic E-state index is 0.00811. The van der Waals surface area contributed by atoms with Gasteiger partial charge in [-0.05, 0) is 107 Å². The lowest BCUT2D eigenvalue weighted by Crippen LogP contribution is -2.63. The zero-order chi connectivity index (χ0) is 48.0. The smallest absolute Gasteiger partial charge is 0.323 e. The number of cyclic esters (lactones) is 1. The fraction of sp³-hybridized carbons (Fsp3) is 0.837. The van der Waals surface area contributed by atoms with Crippen LogP contribution in [0.4, 0.5) is 0 Å². The van der Waals surface area contributed by atoms with Crippen LogP contribution in [0.3, 0.4) is 0 Å². The van der Waals surface area contributed by atoms with Crippen LogP contribution in [-0.4, -0.2) is 174 Å². The molecule has 2 saturated heterocycles. The second-order valence-corrected chi connectivity index (χ2v) is 19.5. The van der Waals surface area contributed by atoms with Crippen molar-refractivity contribution in [2.24, 2.45) is 29.6 Å². The molecule has 1 saturated carbocycles. The van der Waals surface area contributed by atoms with Gasteiger partial charge in [0, 0.05) is 59.1 Å². The number of hydrogen-bond acceptors (Lipinski definition) is 15. The number of hydrogen-bond donors (Lipinski definition) is 5. The third-order valence-electron chi connectivity index (χ3n) is 14.5. The summed E-state index contributed by atoms with van der Waals surface area (Å²) < 4.78 is 30.3. The van der Waals surface area contributed by atoms with Crippen molar-refractivity contribution < 1.29 is 68.4 Å². The standard InChI is InChI=1S/C49H82N2O14/c1-30-22-31(2)24-42(62-7)47-43(63-8)26-33(4)49(60,65-47)44(57)29-51-17-10-9-13-37(51)48(59)64-46(32(3)25-35-15-16-38(54)41(27-35)61-6)34(5)39(55)28-40(56)36(23-30)12-11-14-45(58)50(18-20-52)19-21-53/h23,25,30-31,33-35,37-39,41-43,46-47,52-55,60H,9-22,24,26-29H2,1-8H3/b32-25?,36-23+. The number of esters is 1. The molecule has 4 aliphatic rings. The number of nitrogens with zero attached hydrogens (tertiary/aromatic N) is 2. The van der Waals surface area contributed by atoms with E-state index in [4.69, 9.17) is 23.7 Å². The maximum absolute atomic E-state index is 14.5. The van der Waals surface area contributed by atoms with Crippen LogP contribution in [0.5, 0.6) is 0 Å². The first kappa shape index (κ1) is 55.0. The molecule has 372 valence electrons. The number of ketones is 2. The molecule has 3 heterocycles. The number of amides is 1. The minimum Gasteiger partial charge on any atom is -0.456 e. The quantitative estimate of drug-likeness (QED) is 0.132. The maximum atomic E-state index is 14.5. The van der Waals surface area contributed by atoms with Crippen molar-refractivity contribution in [1.29, 1.82) is 0 Å². The van der Waals surface area contributed by atoms with Gasteiger partial charge in [0.2, 0.25) is 17.5 Å². The fourth-order valence-electron chi connectivity index (χ4n) is 10.6. The highest BCUT2D eigenvalue weighted by Crippen LogP contribution is 2.39. The monoisotopic (exact) mass is 923 g/mol. The predicted molar refractivity (Wildman–Crippen MR) is 242 cm³/mol. The highest BCUT2D eigenvalue weighted by atomic mass is 16.7. The first-order valence-corrected chi connectivity index (χ1v) is 24.1. The number of allylic oxidation sites excluding steroid dienone is 3. The first-order chi connectivity index (χ1) is 30.9. The van der Waals surface area contributed by atoms with Crippen LogP contribution >= 0.6 is 0 Å². The lowest BCUT2D eigenvalue weighted by Gasteiger charge is -2.47. The Kier molecular flexibility index (Phi) is 22.2. The molecular weight excluding hydrogens is 841 g/mol. The first-order valence-electron chi connectivity index (χ1n) is 24.1. The summed E-state index contributed by atoms with van der Waals surface area (Å²) in [5.41, 5.74) is 1.15. The number of aliphatic hydroxyl groups is 5. The number of piperidine rings is 1. The molecule has 65 heavy (non-hydrogen) atoms. The molecule has 14 unspecified atom stereocenters. The van der Waals surface area contributed by atoms with E-state index < -0.39 is 72.0 Å². The van der Waals surface area contributed by atoms with E-state index in [9.17, 15) is 44.7 Å². The predicted octanol–water partition coefficient (Wildman–Crippen LogP) is 3.52. The van der Waals surface area contributed by atoms with Gasteiger partial charge in [0.25, 0.3) is 0 Å². The molecule has 14 atom stereocenters. The molecule has 0 aromatic heterocycles. The molecule has 1 amide bonds. The van der Waals surface area contributed by atoms with Gasteiger partial charge in [0.15, 0.2) is 5.78 Å². The van der Waals surface area contributed by atoms with Gasteiger partial charge < -0.3 is 54.1 Å². The van der Waals surface area contributed by atoms with Gasteiger partial charge in [-0.25, -0.2) is 0 Å². The van der Waals surface area contributed by atoms with Gasteiger partial charge in [-0.1, -0.05) is 46.3 Å². The zero-order valence-corrected chi connectivity index (χ0v) is 40.4. The number of ether oxygens (including phenoxy) is 5. The van der Waals surface area contributed by atoms with Crippen LogP contribution in [0.2, 0.25) is 0 Å². The van der Waals surface area contributed by atoms with Crippen molar-refractivity contribution in [3.8, 4) is 0 Å². The third kappa shape index (κ3) is 14.9. The summed E-state index contributed by atoms with van der Waals surface area (Å²) >= 11 is 0. The van der Waals surface area contributed by atoms with E-state index in [1.807, 2.05) is 26.0 Å². The Hall–Kier alpha value is -2.64. The average molecular weight is 923 g/mol. The molecule has 4 rings (SSSR count). The van der Waals surface area contributed by atoms with Gasteiger partial charge in [-0.3, -0.25) is 24.1 Å². The molecule has 1 aliphatic carbocycles. The van der Waals surface area contributed by atoms with Crippen LogP contribution in [0, 0.1) is 29.6 Å². The maximum Gasteiger partial charge on any atom is 0.323 e. The fourth-order valence-corrected chi connectivity index (χ4v) is 10.6. The lowest BCUT2D eigenvalue weighted by atomic mass is 9.81. The van der Waals surface area contributed by atoms with Crippen LogP contribution in [0.1, 0.15) is 118 Å². The van der Waals surface area contributed by atoms with E-state index in [0.29, 0.717) is 75.5 Å². The second-order valence-electron chi connectivity index (χ2n) is 19.5. The molecule has 5 N–H and O–H groups in total. The summed E-state index contributed by atoms with van der Waals surface area (Å²) in [6.45, 7) is 9.25. The zero-order valence-electron chi connectivity index (χ0n) is 40.4. The molecule has 0 aromatic rings. The van der Waals surface area contributed by atoms with Gasteiger partial charge in [-0.15, -0.1) is 0 Å². The molecule has 0 aromatic carbocycles. The van der Waals surface area contributed by atoms with Crippen LogP contribution in [0.15, 0.2) is 23.3 Å². The largest absolute Gasteiger partial charge is 0.456 e. The van der Waals surface area contributed by atoms with E-state index in [2.05, 4.69) is 6.92 Å². The number of aliphatic hydroxyl groups excluding tert-OH is 4. The van der Waals surface area contributed by atoms with Crippen molar-refractivity contribution >= 4 is 23.4 Å². The number of rotatable bonds is 13. The van der Waals surface area contributed by atoms with E-state index in [1.165, 1.54) is 4.90 Å². The van der Waals surface area contributed by atoms with E-state index in [1.54, 1.807) is 40.1 Å². The highest BCUT2D eigenvalue weighted by molar-refractivity contribution is 5.95. The molecule has 0 radical (unpaired) electrons. The number of fused-ring (bicyclic) bond motifs is 3. The summed E-state index contributed by atoms with van der Waals surface area (Å²) in [4.78, 5) is 59.4. The van der Waals surface area contributed by atoms with Gasteiger partial charge in [-0.2, -0.15) is 0 Å². The Bertz CT molecular complexity index is 1600. The molecule has 16 heteroatoms. The molecule has 2 bridgehead atoms. The Morgan fingerprint density at radius 3 is 2.20 bits per heavy atom. The number of methoxy groups -OCH3 is 3. The number of Topliss-reactive ketones (excluding diaryl/α,β-unsaturated/α-hetero) is 2. The summed E-state index contributed by atoms with van der Waals surface area (Å²) in [6, 6.07) is -0.826. The molecule has 16 nitrogen and oxygen atoms in total. The Labute approximate surface area is 387 Å². The Morgan fingerprint density at radius 2 is 1.55 bits per heavy atom. The summed E-state index contributed by atoms with van der Waals surface area (Å²) in [6.07, 6.45) is 4.35. The Balaban J connectivity index is 1.75. The van der Waals surface area contributed by atoms with Crippen molar-refractivity contribution in [2.45, 2.75) is 173 Å². The van der Waals surface area contributed by atoms with Crippen molar-refractivity contribution in [3.63, 3.8) is 0 Å². The topological polar surface area (TPSA) is 222 Å². The van der Waals surface area contributed by atoms with Gasteiger partial charge in [0.05, 0.1) is 50.3 Å². The second kappa shape index (κ2) is 26.2. The van der Waals surface area contributed by atoms with E-state index in [-0.39, 0.29) is 87.7 Å². The molecule has 3 aliphatic heterocycles. The minimum atomic E-state index is -2.18. The van der Waals surface area contributed by atoms with Gasteiger partial charge in [0.1, 0.15) is 18.2 Å². The van der Waals surface area contributed by atoms with E-state index in [0.717, 1.165) is 6.42 Å². The highest BCUT2D eigenvalue weighted by Gasteiger charge is 2.54. The van der Waals surface area contributed by atoms with Crippen LogP contribution < -0.4 is 0 Å².